The van der Waals surface area contributed by atoms with E-state index in [1.807, 2.05) is 24.5 Å². The van der Waals surface area contributed by atoms with Crippen LogP contribution in [0, 0.1) is 5.92 Å². The fourth-order valence-corrected chi connectivity index (χ4v) is 3.26. The first-order valence-electron chi connectivity index (χ1n) is 9.23. The third-order valence-corrected chi connectivity index (χ3v) is 4.69. The van der Waals surface area contributed by atoms with E-state index >= 15 is 0 Å². The number of aliphatic imine (C=N–C) groups is 1. The van der Waals surface area contributed by atoms with E-state index in [0.29, 0.717) is 29.9 Å². The number of guanidine groups is 1. The van der Waals surface area contributed by atoms with Crippen LogP contribution in [0.4, 0.5) is 5.69 Å². The number of nitrogens with one attached hydrogen (secondary N) is 1. The van der Waals surface area contributed by atoms with Crippen molar-refractivity contribution >= 4 is 47.4 Å². The maximum atomic E-state index is 6.00. The van der Waals surface area contributed by atoms with Crippen LogP contribution < -0.4 is 20.5 Å². The molecule has 1 aromatic heterocycles. The van der Waals surface area contributed by atoms with Crippen LogP contribution in [0.5, 0.6) is 11.5 Å². The highest BCUT2D eigenvalue weighted by Crippen LogP contribution is 2.29. The Morgan fingerprint density at radius 2 is 1.97 bits per heavy atom. The summed E-state index contributed by atoms with van der Waals surface area (Å²) in [4.78, 5) is 4.40. The molecule has 162 valence electrons. The summed E-state index contributed by atoms with van der Waals surface area (Å²) in [5, 5.41) is 12.6. The second kappa shape index (κ2) is 12.8. The van der Waals surface area contributed by atoms with Crippen molar-refractivity contribution in [2.45, 2.75) is 38.4 Å². The van der Waals surface area contributed by atoms with E-state index in [2.05, 4.69) is 38.9 Å². The number of aromatic nitrogens is 3. The molecule has 0 aliphatic rings. The van der Waals surface area contributed by atoms with Gasteiger partial charge in [0.05, 0.1) is 14.2 Å². The molecule has 0 aliphatic heterocycles. The Labute approximate surface area is 194 Å². The van der Waals surface area contributed by atoms with Crippen LogP contribution in [0.15, 0.2) is 28.3 Å². The fraction of sp³-hybridized carbons (Fsp3) is 0.526. The van der Waals surface area contributed by atoms with Crippen molar-refractivity contribution in [1.82, 2.24) is 14.8 Å². The lowest BCUT2D eigenvalue weighted by molar-refractivity contribution is 0.355. The van der Waals surface area contributed by atoms with Gasteiger partial charge in [0.2, 0.25) is 0 Å². The quantitative estimate of drug-likeness (QED) is 0.158. The van der Waals surface area contributed by atoms with Crippen molar-refractivity contribution in [2.24, 2.45) is 16.6 Å². The Kier molecular flexibility index (Phi) is 11.2. The lowest BCUT2D eigenvalue weighted by Crippen LogP contribution is -2.23. The summed E-state index contributed by atoms with van der Waals surface area (Å²) in [6.07, 6.45) is 3.68. The van der Waals surface area contributed by atoms with Gasteiger partial charge in [0.15, 0.2) is 22.6 Å². The molecule has 0 atom stereocenters. The molecule has 0 aliphatic carbocycles. The van der Waals surface area contributed by atoms with Crippen LogP contribution >= 0.6 is 35.7 Å². The number of benzene rings is 1. The highest BCUT2D eigenvalue weighted by atomic mass is 127. The van der Waals surface area contributed by atoms with E-state index in [4.69, 9.17) is 15.2 Å². The van der Waals surface area contributed by atoms with E-state index in [0.717, 1.165) is 36.1 Å². The van der Waals surface area contributed by atoms with Gasteiger partial charge in [0, 0.05) is 31.3 Å². The van der Waals surface area contributed by atoms with Crippen molar-refractivity contribution in [1.29, 1.82) is 0 Å². The van der Waals surface area contributed by atoms with Gasteiger partial charge in [-0.1, -0.05) is 25.6 Å². The third-order valence-electron chi connectivity index (χ3n) is 4.02. The third kappa shape index (κ3) is 7.57. The summed E-state index contributed by atoms with van der Waals surface area (Å²) in [7, 11) is 3.20. The second-order valence-corrected chi connectivity index (χ2v) is 7.45. The largest absolute Gasteiger partial charge is 0.493 e. The van der Waals surface area contributed by atoms with E-state index in [1.54, 1.807) is 26.0 Å². The Hall–Kier alpha value is -1.69. The normalized spacial score (nSPS) is 11.3. The number of nitrogens with zero attached hydrogens (tertiary/aromatic N) is 4. The maximum absolute atomic E-state index is 6.00. The van der Waals surface area contributed by atoms with Gasteiger partial charge in [0.1, 0.15) is 5.82 Å². The average Bonchev–Trinajstić information content (AvgIpc) is 3.06. The molecule has 0 spiro atoms. The highest BCUT2D eigenvalue weighted by molar-refractivity contribution is 14.0. The topological polar surface area (TPSA) is 99.6 Å². The van der Waals surface area contributed by atoms with Crippen molar-refractivity contribution in [3.8, 4) is 11.5 Å². The van der Waals surface area contributed by atoms with Gasteiger partial charge in [0.25, 0.3) is 0 Å². The number of ether oxygens (including phenoxy) is 2. The number of thioether (sulfide) groups is 1. The number of rotatable bonds is 10. The summed E-state index contributed by atoms with van der Waals surface area (Å²) < 4.78 is 12.7. The summed E-state index contributed by atoms with van der Waals surface area (Å²) in [6, 6.07) is 5.50. The summed E-state index contributed by atoms with van der Waals surface area (Å²) >= 11 is 1.62. The molecule has 3 N–H and O–H groups in total. The van der Waals surface area contributed by atoms with E-state index in [9.17, 15) is 0 Å². The monoisotopic (exact) mass is 534 g/mol. The minimum Gasteiger partial charge on any atom is -0.493 e. The fourth-order valence-electron chi connectivity index (χ4n) is 2.74. The minimum absolute atomic E-state index is 0. The molecule has 0 radical (unpaired) electrons. The summed E-state index contributed by atoms with van der Waals surface area (Å²) in [5.74, 6) is 3.20. The Bertz CT molecular complexity index is 797. The molecular formula is C19H31IN6O2S. The Balaban J connectivity index is 0.00000420. The predicted octanol–water partition coefficient (Wildman–Crippen LogP) is 3.65. The van der Waals surface area contributed by atoms with Gasteiger partial charge in [-0.15, -0.1) is 34.2 Å². The number of halogens is 1. The Morgan fingerprint density at radius 1 is 1.24 bits per heavy atom. The van der Waals surface area contributed by atoms with Gasteiger partial charge in [-0.2, -0.15) is 0 Å². The molecular weight excluding hydrogens is 503 g/mol. The van der Waals surface area contributed by atoms with Crippen molar-refractivity contribution in [2.75, 3.05) is 32.3 Å². The van der Waals surface area contributed by atoms with Gasteiger partial charge >= 0.3 is 0 Å². The summed E-state index contributed by atoms with van der Waals surface area (Å²) in [6.45, 7) is 5.91. The molecule has 0 fully saturated rings. The van der Waals surface area contributed by atoms with Crippen LogP contribution in [-0.2, 0) is 13.0 Å². The number of aryl methyl sites for hydroxylation is 1. The number of anilines is 1. The first-order chi connectivity index (χ1) is 13.5. The van der Waals surface area contributed by atoms with Gasteiger partial charge in [-0.25, -0.2) is 0 Å². The zero-order chi connectivity index (χ0) is 20.5. The van der Waals surface area contributed by atoms with Gasteiger partial charge in [-0.3, -0.25) is 4.99 Å². The standard InChI is InChI=1S/C19H30N6O2S.HI/c1-13(2)12-25-17(23-24-19(25)28-5)7-6-10-21-18(20)22-14-8-9-15(26-3)16(11-14)27-4;/h8-9,11,13H,6-7,10,12H2,1-5H3,(H3,20,21,22);1H. The molecule has 0 saturated heterocycles. The molecule has 8 nitrogen and oxygen atoms in total. The maximum Gasteiger partial charge on any atom is 0.193 e. The van der Waals surface area contributed by atoms with E-state index < -0.39 is 0 Å². The molecule has 2 rings (SSSR count). The summed E-state index contributed by atoms with van der Waals surface area (Å²) in [5.41, 5.74) is 6.79. The van der Waals surface area contributed by atoms with Crippen LogP contribution in [0.3, 0.4) is 0 Å². The lowest BCUT2D eigenvalue weighted by Gasteiger charge is -2.12. The number of hydrogen-bond acceptors (Lipinski definition) is 6. The highest BCUT2D eigenvalue weighted by Gasteiger charge is 2.12. The molecule has 1 aromatic carbocycles. The Morgan fingerprint density at radius 3 is 2.59 bits per heavy atom. The number of nitrogens with two attached hydrogens (primary N) is 1. The average molecular weight is 534 g/mol. The van der Waals surface area contributed by atoms with Crippen LogP contribution in [0.2, 0.25) is 0 Å². The van der Waals surface area contributed by atoms with Crippen LogP contribution in [-0.4, -0.2) is 47.7 Å². The molecule has 0 unspecified atom stereocenters. The predicted molar refractivity (Wildman–Crippen MR) is 130 cm³/mol. The zero-order valence-corrected chi connectivity index (χ0v) is 20.8. The molecule has 0 saturated carbocycles. The SMILES string of the molecule is COc1ccc(NC(N)=NCCCc2nnc(SC)n2CC(C)C)cc1OC.I. The van der Waals surface area contributed by atoms with Gasteiger partial charge in [-0.05, 0) is 30.7 Å². The van der Waals surface area contributed by atoms with Crippen LogP contribution in [0.1, 0.15) is 26.1 Å². The van der Waals surface area contributed by atoms with Crippen LogP contribution in [0.25, 0.3) is 0 Å². The number of methoxy groups -OCH3 is 2. The smallest absolute Gasteiger partial charge is 0.193 e. The zero-order valence-electron chi connectivity index (χ0n) is 17.6. The molecule has 1 heterocycles. The lowest BCUT2D eigenvalue weighted by atomic mass is 10.2. The van der Waals surface area contributed by atoms with Gasteiger partial charge < -0.3 is 25.1 Å². The molecule has 0 amide bonds. The van der Waals surface area contributed by atoms with E-state index in [-0.39, 0.29) is 24.0 Å². The minimum atomic E-state index is 0. The number of hydrogen-bond donors (Lipinski definition) is 2. The second-order valence-electron chi connectivity index (χ2n) is 6.67. The van der Waals surface area contributed by atoms with Crippen molar-refractivity contribution in [3.05, 3.63) is 24.0 Å². The molecule has 2 aromatic rings. The molecule has 29 heavy (non-hydrogen) atoms. The first-order valence-corrected chi connectivity index (χ1v) is 10.5. The van der Waals surface area contributed by atoms with E-state index in [1.165, 1.54) is 0 Å². The van der Waals surface area contributed by atoms with Crippen molar-refractivity contribution < 1.29 is 9.47 Å². The van der Waals surface area contributed by atoms with Crippen molar-refractivity contribution in [3.63, 3.8) is 0 Å². The first kappa shape index (κ1) is 25.3. The molecule has 10 heteroatoms. The molecule has 0 bridgehead atoms.